The van der Waals surface area contributed by atoms with Gasteiger partial charge < -0.3 is 15.5 Å². The van der Waals surface area contributed by atoms with Gasteiger partial charge in [0.25, 0.3) is 5.91 Å². The zero-order valence-corrected chi connectivity index (χ0v) is 12.0. The fraction of sp³-hybridized carbons (Fsp3) is 0.467. The first kappa shape index (κ1) is 16.2. The number of nitrogens with one attached hydrogen (secondary N) is 1. The summed E-state index contributed by atoms with van der Waals surface area (Å²) in [7, 11) is 0. The standard InChI is InChI=1S/C15H21NO4/c1-15(2,3)11-7-5-4-6-10(11)13(18)16-12(8-9-17)14(19)20/h4-7,12,17H,8-9H2,1-3H3,(H,16,18)(H,19,20)/t12-/m1/s1. The van der Waals surface area contributed by atoms with Gasteiger partial charge in [-0.05, 0) is 17.0 Å². The van der Waals surface area contributed by atoms with Gasteiger partial charge in [-0.25, -0.2) is 4.79 Å². The second-order valence-electron chi connectivity index (χ2n) is 5.67. The minimum atomic E-state index is -1.15. The molecule has 0 unspecified atom stereocenters. The topological polar surface area (TPSA) is 86.6 Å². The highest BCUT2D eigenvalue weighted by atomic mass is 16.4. The van der Waals surface area contributed by atoms with Crippen LogP contribution in [0.5, 0.6) is 0 Å². The molecule has 20 heavy (non-hydrogen) atoms. The highest BCUT2D eigenvalue weighted by Gasteiger charge is 2.24. The van der Waals surface area contributed by atoms with Crippen LogP contribution in [0.15, 0.2) is 24.3 Å². The van der Waals surface area contributed by atoms with E-state index >= 15 is 0 Å². The third-order valence-corrected chi connectivity index (χ3v) is 3.00. The molecule has 0 saturated heterocycles. The molecular weight excluding hydrogens is 258 g/mol. The summed E-state index contributed by atoms with van der Waals surface area (Å²) in [5.74, 6) is -1.59. The Morgan fingerprint density at radius 3 is 2.35 bits per heavy atom. The molecule has 0 aliphatic carbocycles. The van der Waals surface area contributed by atoms with E-state index in [0.29, 0.717) is 5.56 Å². The Labute approximate surface area is 118 Å². The smallest absolute Gasteiger partial charge is 0.326 e. The Balaban J connectivity index is 3.01. The minimum Gasteiger partial charge on any atom is -0.480 e. The molecule has 1 aromatic carbocycles. The summed E-state index contributed by atoms with van der Waals surface area (Å²) in [4.78, 5) is 23.3. The second kappa shape index (κ2) is 6.52. The molecule has 0 aliphatic heterocycles. The average Bonchev–Trinajstić information content (AvgIpc) is 2.37. The van der Waals surface area contributed by atoms with E-state index < -0.39 is 17.9 Å². The Kier molecular flexibility index (Phi) is 5.27. The molecule has 0 aliphatic rings. The van der Waals surface area contributed by atoms with Gasteiger partial charge in [-0.15, -0.1) is 0 Å². The van der Waals surface area contributed by atoms with Gasteiger partial charge in [-0.3, -0.25) is 4.79 Å². The van der Waals surface area contributed by atoms with Crippen LogP contribution in [0.1, 0.15) is 43.1 Å². The van der Waals surface area contributed by atoms with Crippen LogP contribution in [0.3, 0.4) is 0 Å². The van der Waals surface area contributed by atoms with E-state index in [4.69, 9.17) is 10.2 Å². The molecule has 5 heteroatoms. The molecule has 1 atom stereocenters. The van der Waals surface area contributed by atoms with Crippen LogP contribution in [0, 0.1) is 0 Å². The van der Waals surface area contributed by atoms with Crippen LogP contribution in [-0.2, 0) is 10.2 Å². The molecule has 0 fully saturated rings. The van der Waals surface area contributed by atoms with Crippen molar-refractivity contribution in [1.29, 1.82) is 0 Å². The van der Waals surface area contributed by atoms with E-state index in [9.17, 15) is 9.59 Å². The Hall–Kier alpha value is -1.88. The summed E-state index contributed by atoms with van der Waals surface area (Å²) < 4.78 is 0. The molecule has 0 aromatic heterocycles. The predicted octanol–water partition coefficient (Wildman–Crippen LogP) is 1.55. The highest BCUT2D eigenvalue weighted by molar-refractivity contribution is 5.98. The van der Waals surface area contributed by atoms with Gasteiger partial charge in [0, 0.05) is 18.6 Å². The first-order valence-electron chi connectivity index (χ1n) is 6.51. The van der Waals surface area contributed by atoms with Crippen LogP contribution in [0.2, 0.25) is 0 Å². The van der Waals surface area contributed by atoms with Gasteiger partial charge >= 0.3 is 5.97 Å². The van der Waals surface area contributed by atoms with Gasteiger partial charge in [0.05, 0.1) is 0 Å². The van der Waals surface area contributed by atoms with Crippen molar-refractivity contribution in [3.8, 4) is 0 Å². The molecule has 5 nitrogen and oxygen atoms in total. The number of aliphatic hydroxyl groups excluding tert-OH is 1. The van der Waals surface area contributed by atoms with E-state index in [2.05, 4.69) is 5.32 Å². The van der Waals surface area contributed by atoms with Crippen LogP contribution in [0.25, 0.3) is 0 Å². The number of aliphatic carboxylic acids is 1. The average molecular weight is 279 g/mol. The monoisotopic (exact) mass is 279 g/mol. The largest absolute Gasteiger partial charge is 0.480 e. The predicted molar refractivity (Wildman–Crippen MR) is 75.7 cm³/mol. The molecule has 0 heterocycles. The molecule has 0 spiro atoms. The maximum Gasteiger partial charge on any atom is 0.326 e. The maximum atomic E-state index is 12.2. The van der Waals surface area contributed by atoms with E-state index in [1.807, 2.05) is 32.9 Å². The van der Waals surface area contributed by atoms with E-state index in [-0.39, 0.29) is 18.4 Å². The molecule has 1 rings (SSSR count). The Morgan fingerprint density at radius 1 is 1.25 bits per heavy atom. The van der Waals surface area contributed by atoms with Crippen LogP contribution in [-0.4, -0.2) is 34.7 Å². The lowest BCUT2D eigenvalue weighted by Gasteiger charge is -2.23. The zero-order chi connectivity index (χ0) is 15.3. The summed E-state index contributed by atoms with van der Waals surface area (Å²) in [5.41, 5.74) is 1.10. The van der Waals surface area contributed by atoms with E-state index in [0.717, 1.165) is 5.56 Å². The summed E-state index contributed by atoms with van der Waals surface area (Å²) >= 11 is 0. The molecule has 110 valence electrons. The van der Waals surface area contributed by atoms with E-state index in [1.54, 1.807) is 12.1 Å². The van der Waals surface area contributed by atoms with Crippen molar-refractivity contribution < 1.29 is 19.8 Å². The number of hydrogen-bond acceptors (Lipinski definition) is 3. The Morgan fingerprint density at radius 2 is 1.85 bits per heavy atom. The van der Waals surface area contributed by atoms with Gasteiger partial charge in [0.15, 0.2) is 0 Å². The number of amides is 1. The second-order valence-corrected chi connectivity index (χ2v) is 5.67. The number of hydrogen-bond donors (Lipinski definition) is 3. The molecular formula is C15H21NO4. The van der Waals surface area contributed by atoms with E-state index in [1.165, 1.54) is 0 Å². The highest BCUT2D eigenvalue weighted by Crippen LogP contribution is 2.25. The van der Waals surface area contributed by atoms with Crippen molar-refractivity contribution in [2.45, 2.75) is 38.6 Å². The fourth-order valence-corrected chi connectivity index (χ4v) is 1.96. The van der Waals surface area contributed by atoms with Gasteiger partial charge in [0.1, 0.15) is 6.04 Å². The maximum absolute atomic E-state index is 12.2. The number of carbonyl (C=O) groups excluding carboxylic acids is 1. The number of carboxylic acid groups (broad SMARTS) is 1. The fourth-order valence-electron chi connectivity index (χ4n) is 1.96. The molecule has 3 N–H and O–H groups in total. The zero-order valence-electron chi connectivity index (χ0n) is 12.0. The normalized spacial score (nSPS) is 12.8. The molecule has 0 radical (unpaired) electrons. The van der Waals surface area contributed by atoms with Crippen molar-refractivity contribution in [2.24, 2.45) is 0 Å². The molecule has 1 amide bonds. The number of rotatable bonds is 5. The van der Waals surface area contributed by atoms with Gasteiger partial charge in [-0.1, -0.05) is 39.0 Å². The third-order valence-electron chi connectivity index (χ3n) is 3.00. The summed E-state index contributed by atoms with van der Waals surface area (Å²) in [6, 6.07) is 6.04. The SMILES string of the molecule is CC(C)(C)c1ccccc1C(=O)N[C@H](CCO)C(=O)O. The quantitative estimate of drug-likeness (QED) is 0.763. The number of aliphatic hydroxyl groups is 1. The molecule has 0 saturated carbocycles. The van der Waals surface area contributed by atoms with Crippen molar-refractivity contribution in [3.63, 3.8) is 0 Å². The van der Waals surface area contributed by atoms with Gasteiger partial charge in [-0.2, -0.15) is 0 Å². The van der Waals surface area contributed by atoms with Gasteiger partial charge in [0.2, 0.25) is 0 Å². The minimum absolute atomic E-state index is 0.0151. The van der Waals surface area contributed by atoms with Crippen molar-refractivity contribution >= 4 is 11.9 Å². The van der Waals surface area contributed by atoms with Crippen molar-refractivity contribution in [3.05, 3.63) is 35.4 Å². The first-order valence-corrected chi connectivity index (χ1v) is 6.51. The lowest BCUT2D eigenvalue weighted by Crippen LogP contribution is -2.42. The van der Waals surface area contributed by atoms with Crippen molar-refractivity contribution in [2.75, 3.05) is 6.61 Å². The van der Waals surface area contributed by atoms with Crippen LogP contribution < -0.4 is 5.32 Å². The number of benzene rings is 1. The summed E-state index contributed by atoms with van der Waals surface area (Å²) in [6.07, 6.45) is -0.0151. The lowest BCUT2D eigenvalue weighted by molar-refractivity contribution is -0.139. The van der Waals surface area contributed by atoms with Crippen LogP contribution >= 0.6 is 0 Å². The van der Waals surface area contributed by atoms with Crippen LogP contribution in [0.4, 0.5) is 0 Å². The number of carboxylic acids is 1. The Bertz CT molecular complexity index is 491. The first-order chi connectivity index (χ1) is 9.27. The summed E-state index contributed by atoms with van der Waals surface area (Å²) in [6.45, 7) is 5.67. The molecule has 1 aromatic rings. The van der Waals surface area contributed by atoms with Crippen molar-refractivity contribution in [1.82, 2.24) is 5.32 Å². The summed E-state index contributed by atoms with van der Waals surface area (Å²) in [5, 5.41) is 20.3. The number of carbonyl (C=O) groups is 2. The lowest BCUT2D eigenvalue weighted by atomic mass is 9.83. The molecule has 0 bridgehead atoms. The third kappa shape index (κ3) is 4.06.